The number of fused-ring (bicyclic) bond motifs is 1. The third-order valence-corrected chi connectivity index (χ3v) is 2.01. The van der Waals surface area contributed by atoms with Crippen molar-refractivity contribution in [2.24, 2.45) is 0 Å². The fraction of sp³-hybridized carbons (Fsp3) is 0. The first-order valence-electron chi connectivity index (χ1n) is 3.98. The standard InChI is InChI=1S/C9H7N3O2/c10-9-7-2-1-3-8(12(13)14)6(7)4-5-11-9/h1-5H,(H2,10,11). The molecule has 0 atom stereocenters. The van der Waals surface area contributed by atoms with Crippen molar-refractivity contribution < 1.29 is 4.92 Å². The van der Waals surface area contributed by atoms with Crippen LogP contribution in [-0.2, 0) is 0 Å². The smallest absolute Gasteiger partial charge is 0.277 e. The van der Waals surface area contributed by atoms with Crippen molar-refractivity contribution in [2.75, 3.05) is 5.73 Å². The van der Waals surface area contributed by atoms with Gasteiger partial charge in [0.25, 0.3) is 5.69 Å². The summed E-state index contributed by atoms with van der Waals surface area (Å²) in [4.78, 5) is 14.1. The molecule has 0 unspecified atom stereocenters. The van der Waals surface area contributed by atoms with Gasteiger partial charge in [-0.1, -0.05) is 12.1 Å². The fourth-order valence-electron chi connectivity index (χ4n) is 1.37. The molecule has 0 aliphatic rings. The van der Waals surface area contributed by atoms with E-state index in [4.69, 9.17) is 5.73 Å². The first-order chi connectivity index (χ1) is 6.70. The van der Waals surface area contributed by atoms with Gasteiger partial charge in [-0.25, -0.2) is 4.98 Å². The van der Waals surface area contributed by atoms with Gasteiger partial charge < -0.3 is 5.73 Å². The topological polar surface area (TPSA) is 82.0 Å². The predicted octanol–water partition coefficient (Wildman–Crippen LogP) is 1.73. The van der Waals surface area contributed by atoms with Gasteiger partial charge in [0, 0.05) is 17.6 Å². The summed E-state index contributed by atoms with van der Waals surface area (Å²) < 4.78 is 0. The van der Waals surface area contributed by atoms with Crippen LogP contribution in [0.15, 0.2) is 30.5 Å². The molecule has 0 saturated heterocycles. The summed E-state index contributed by atoms with van der Waals surface area (Å²) in [5.74, 6) is 0.311. The van der Waals surface area contributed by atoms with Crippen molar-refractivity contribution >= 4 is 22.3 Å². The summed E-state index contributed by atoms with van der Waals surface area (Å²) in [6, 6.07) is 6.34. The summed E-state index contributed by atoms with van der Waals surface area (Å²) in [6.45, 7) is 0. The maximum absolute atomic E-state index is 10.7. The molecule has 70 valence electrons. The molecule has 1 aromatic carbocycles. The van der Waals surface area contributed by atoms with Crippen molar-refractivity contribution in [1.82, 2.24) is 4.98 Å². The van der Waals surface area contributed by atoms with Crippen molar-refractivity contribution in [2.45, 2.75) is 0 Å². The lowest BCUT2D eigenvalue weighted by Gasteiger charge is -2.00. The van der Waals surface area contributed by atoms with E-state index in [1.54, 1.807) is 18.2 Å². The van der Waals surface area contributed by atoms with E-state index in [9.17, 15) is 10.1 Å². The van der Waals surface area contributed by atoms with Crippen LogP contribution >= 0.6 is 0 Å². The second-order valence-corrected chi connectivity index (χ2v) is 2.83. The van der Waals surface area contributed by atoms with Crippen molar-refractivity contribution in [3.05, 3.63) is 40.6 Å². The highest BCUT2D eigenvalue weighted by Crippen LogP contribution is 2.27. The maximum atomic E-state index is 10.7. The molecule has 1 heterocycles. The van der Waals surface area contributed by atoms with Crippen molar-refractivity contribution in [3.8, 4) is 0 Å². The molecule has 0 spiro atoms. The number of nitrogens with zero attached hydrogens (tertiary/aromatic N) is 2. The Morgan fingerprint density at radius 2 is 2.07 bits per heavy atom. The lowest BCUT2D eigenvalue weighted by atomic mass is 10.1. The number of hydrogen-bond donors (Lipinski definition) is 1. The molecule has 0 aliphatic carbocycles. The van der Waals surface area contributed by atoms with Gasteiger partial charge in [-0.15, -0.1) is 0 Å². The van der Waals surface area contributed by atoms with Gasteiger partial charge in [0.15, 0.2) is 0 Å². The van der Waals surface area contributed by atoms with Gasteiger partial charge in [0.2, 0.25) is 0 Å². The van der Waals surface area contributed by atoms with Crippen LogP contribution in [0.25, 0.3) is 10.8 Å². The van der Waals surface area contributed by atoms with E-state index in [0.717, 1.165) is 0 Å². The first kappa shape index (κ1) is 8.43. The number of aromatic nitrogens is 1. The Hall–Kier alpha value is -2.17. The van der Waals surface area contributed by atoms with Crippen LogP contribution in [-0.4, -0.2) is 9.91 Å². The third-order valence-electron chi connectivity index (χ3n) is 2.01. The first-order valence-corrected chi connectivity index (χ1v) is 3.98. The highest BCUT2D eigenvalue weighted by molar-refractivity contribution is 5.96. The highest BCUT2D eigenvalue weighted by atomic mass is 16.6. The number of nitrogen functional groups attached to an aromatic ring is 1. The molecular formula is C9H7N3O2. The molecule has 0 bridgehead atoms. The molecule has 0 saturated carbocycles. The van der Waals surface area contributed by atoms with Crippen LogP contribution in [0, 0.1) is 10.1 Å². The molecule has 2 N–H and O–H groups in total. The van der Waals surface area contributed by atoms with Gasteiger partial charge in [-0.05, 0) is 6.07 Å². The number of nitrogens with two attached hydrogens (primary N) is 1. The van der Waals surface area contributed by atoms with Crippen LogP contribution < -0.4 is 5.73 Å². The summed E-state index contributed by atoms with van der Waals surface area (Å²) in [6.07, 6.45) is 1.46. The van der Waals surface area contributed by atoms with Gasteiger partial charge >= 0.3 is 0 Å². The van der Waals surface area contributed by atoms with E-state index in [1.165, 1.54) is 12.3 Å². The average molecular weight is 189 g/mol. The zero-order valence-corrected chi connectivity index (χ0v) is 7.18. The SMILES string of the molecule is Nc1nccc2c([N+](=O)[O-])cccc12. The molecule has 5 heteroatoms. The van der Waals surface area contributed by atoms with E-state index in [0.29, 0.717) is 16.6 Å². The Morgan fingerprint density at radius 1 is 1.29 bits per heavy atom. The fourth-order valence-corrected chi connectivity index (χ4v) is 1.37. The van der Waals surface area contributed by atoms with Crippen molar-refractivity contribution in [3.63, 3.8) is 0 Å². The molecule has 0 fully saturated rings. The summed E-state index contributed by atoms with van der Waals surface area (Å²) in [5.41, 5.74) is 5.64. The number of nitro groups is 1. The number of hydrogen-bond acceptors (Lipinski definition) is 4. The van der Waals surface area contributed by atoms with Crippen LogP contribution in [0.1, 0.15) is 0 Å². The largest absolute Gasteiger partial charge is 0.383 e. The minimum atomic E-state index is -0.429. The Morgan fingerprint density at radius 3 is 2.79 bits per heavy atom. The molecule has 2 rings (SSSR count). The van der Waals surface area contributed by atoms with Crippen molar-refractivity contribution in [1.29, 1.82) is 0 Å². The average Bonchev–Trinajstić information content (AvgIpc) is 2.17. The predicted molar refractivity (Wildman–Crippen MR) is 52.8 cm³/mol. The number of pyridine rings is 1. The van der Waals surface area contributed by atoms with Crippen LogP contribution in [0.2, 0.25) is 0 Å². The van der Waals surface area contributed by atoms with Gasteiger partial charge in [0.1, 0.15) is 5.82 Å². The van der Waals surface area contributed by atoms with E-state index >= 15 is 0 Å². The van der Waals surface area contributed by atoms with E-state index in [2.05, 4.69) is 4.98 Å². The van der Waals surface area contributed by atoms with E-state index in [-0.39, 0.29) is 5.69 Å². The lowest BCUT2D eigenvalue weighted by Crippen LogP contribution is -1.94. The quantitative estimate of drug-likeness (QED) is 0.547. The Kier molecular flexibility index (Phi) is 1.78. The monoisotopic (exact) mass is 189 g/mol. The molecule has 5 nitrogen and oxygen atoms in total. The zero-order chi connectivity index (χ0) is 10.1. The summed E-state index contributed by atoms with van der Waals surface area (Å²) >= 11 is 0. The van der Waals surface area contributed by atoms with E-state index < -0.39 is 4.92 Å². The maximum Gasteiger partial charge on any atom is 0.277 e. The molecular weight excluding hydrogens is 182 g/mol. The number of anilines is 1. The second kappa shape index (κ2) is 2.95. The minimum absolute atomic E-state index is 0.0524. The molecule has 0 radical (unpaired) electrons. The molecule has 0 amide bonds. The number of rotatable bonds is 1. The second-order valence-electron chi connectivity index (χ2n) is 2.83. The van der Waals surface area contributed by atoms with Crippen LogP contribution in [0.3, 0.4) is 0 Å². The normalized spacial score (nSPS) is 10.3. The van der Waals surface area contributed by atoms with Crippen LogP contribution in [0.5, 0.6) is 0 Å². The zero-order valence-electron chi connectivity index (χ0n) is 7.18. The Bertz CT molecular complexity index is 510. The number of non-ortho nitro benzene ring substituents is 1. The Labute approximate surface area is 79.3 Å². The Balaban J connectivity index is 2.88. The van der Waals surface area contributed by atoms with Gasteiger partial charge in [-0.3, -0.25) is 10.1 Å². The molecule has 0 aliphatic heterocycles. The van der Waals surface area contributed by atoms with Gasteiger partial charge in [0.05, 0.1) is 10.3 Å². The van der Waals surface area contributed by atoms with E-state index in [1.807, 2.05) is 0 Å². The summed E-state index contributed by atoms with van der Waals surface area (Å²) in [5, 5.41) is 11.8. The molecule has 14 heavy (non-hydrogen) atoms. The minimum Gasteiger partial charge on any atom is -0.383 e. The highest BCUT2D eigenvalue weighted by Gasteiger charge is 2.11. The number of nitro benzene ring substituents is 1. The lowest BCUT2D eigenvalue weighted by molar-refractivity contribution is -0.383. The van der Waals surface area contributed by atoms with Gasteiger partial charge in [-0.2, -0.15) is 0 Å². The molecule has 1 aromatic heterocycles. The summed E-state index contributed by atoms with van der Waals surface area (Å²) in [7, 11) is 0. The van der Waals surface area contributed by atoms with Crippen LogP contribution in [0.4, 0.5) is 11.5 Å². The third kappa shape index (κ3) is 1.15. The molecule has 2 aromatic rings. The number of benzene rings is 1.